The van der Waals surface area contributed by atoms with Crippen molar-refractivity contribution in [2.45, 2.75) is 26.7 Å². The van der Waals surface area contributed by atoms with Gasteiger partial charge in [0.25, 0.3) is 17.5 Å². The third kappa shape index (κ3) is 6.30. The molecule has 0 unspecified atom stereocenters. The molecule has 0 bridgehead atoms. The van der Waals surface area contributed by atoms with Crippen molar-refractivity contribution in [3.63, 3.8) is 0 Å². The second-order valence-corrected chi connectivity index (χ2v) is 11.3. The molecule has 2 heterocycles. The highest BCUT2D eigenvalue weighted by Crippen LogP contribution is 2.33. The van der Waals surface area contributed by atoms with Crippen LogP contribution < -0.4 is 15.1 Å². The van der Waals surface area contributed by atoms with E-state index in [9.17, 15) is 19.7 Å². The zero-order chi connectivity index (χ0) is 29.1. The Balaban J connectivity index is 1.23. The summed E-state index contributed by atoms with van der Waals surface area (Å²) in [5.41, 5.74) is 3.69. The molecule has 0 saturated carbocycles. The highest BCUT2D eigenvalue weighted by atomic mass is 35.5. The number of nitrogens with zero attached hydrogens (tertiary/aromatic N) is 4. The Labute approximate surface area is 244 Å². The van der Waals surface area contributed by atoms with E-state index < -0.39 is 10.8 Å². The number of amides is 2. The predicted molar refractivity (Wildman–Crippen MR) is 162 cm³/mol. The molecule has 2 amide bonds. The van der Waals surface area contributed by atoms with E-state index in [1.807, 2.05) is 47.1 Å². The number of benzene rings is 3. The Morgan fingerprint density at radius 2 is 1.56 bits per heavy atom. The Bertz CT molecular complexity index is 1460. The molecule has 0 aliphatic carbocycles. The summed E-state index contributed by atoms with van der Waals surface area (Å²) in [6, 6.07) is 17.5. The van der Waals surface area contributed by atoms with E-state index in [1.54, 1.807) is 24.3 Å². The quantitative estimate of drug-likeness (QED) is 0.285. The number of anilines is 3. The van der Waals surface area contributed by atoms with Crippen LogP contribution in [0, 0.1) is 23.0 Å². The van der Waals surface area contributed by atoms with Crippen molar-refractivity contribution >= 4 is 46.2 Å². The molecule has 1 N–H and O–H groups in total. The van der Waals surface area contributed by atoms with Crippen molar-refractivity contribution in [3.8, 4) is 0 Å². The van der Waals surface area contributed by atoms with Crippen molar-refractivity contribution in [3.05, 3.63) is 92.5 Å². The third-order valence-electron chi connectivity index (χ3n) is 8.05. The highest BCUT2D eigenvalue weighted by Gasteiger charge is 2.26. The normalized spacial score (nSPS) is 16.0. The van der Waals surface area contributed by atoms with Gasteiger partial charge in [-0.2, -0.15) is 0 Å². The molecule has 0 spiro atoms. The van der Waals surface area contributed by atoms with Gasteiger partial charge in [0.2, 0.25) is 0 Å². The monoisotopic (exact) mass is 575 g/mol. The Hall–Kier alpha value is -4.11. The molecule has 3 aromatic rings. The number of piperazine rings is 1. The first-order valence-corrected chi connectivity index (χ1v) is 14.3. The van der Waals surface area contributed by atoms with Crippen LogP contribution in [0.3, 0.4) is 0 Å². The number of nitro groups is 1. The van der Waals surface area contributed by atoms with E-state index in [4.69, 9.17) is 11.6 Å². The molecule has 5 rings (SSSR count). The fourth-order valence-corrected chi connectivity index (χ4v) is 5.81. The molecule has 0 atom stereocenters. The summed E-state index contributed by atoms with van der Waals surface area (Å²) in [6.07, 6.45) is 1.97. The number of hydrogen-bond donors (Lipinski definition) is 1. The summed E-state index contributed by atoms with van der Waals surface area (Å²) >= 11 is 6.62. The molecule has 214 valence electrons. The van der Waals surface area contributed by atoms with Gasteiger partial charge in [-0.15, -0.1) is 0 Å². The van der Waals surface area contributed by atoms with E-state index >= 15 is 0 Å². The van der Waals surface area contributed by atoms with E-state index in [1.165, 1.54) is 6.07 Å². The van der Waals surface area contributed by atoms with Gasteiger partial charge in [0.1, 0.15) is 5.69 Å². The van der Waals surface area contributed by atoms with Crippen molar-refractivity contribution < 1.29 is 14.5 Å². The average molecular weight is 576 g/mol. The third-order valence-corrected chi connectivity index (χ3v) is 8.35. The standard InChI is InChI=1S/C31H34ClN5O4/c1-21-11-13-34(14-12-21)28-9-7-23(19-29(28)37(40)41)30(38)33-24-8-10-27(26(32)20-24)35-15-17-36(18-16-35)31(39)25-6-4-3-5-22(25)2/h3-10,19-21H,11-18H2,1-2H3,(H,33,38). The minimum absolute atomic E-state index is 0.0331. The van der Waals surface area contributed by atoms with E-state index in [0.29, 0.717) is 48.5 Å². The van der Waals surface area contributed by atoms with Crippen LogP contribution in [0.1, 0.15) is 46.0 Å². The van der Waals surface area contributed by atoms with Gasteiger partial charge >= 0.3 is 0 Å². The van der Waals surface area contributed by atoms with Gasteiger partial charge < -0.3 is 20.0 Å². The second-order valence-electron chi connectivity index (χ2n) is 10.8. The van der Waals surface area contributed by atoms with Crippen molar-refractivity contribution in [2.24, 2.45) is 5.92 Å². The first-order valence-electron chi connectivity index (χ1n) is 14.0. The maximum atomic E-state index is 13.0. The average Bonchev–Trinajstić information content (AvgIpc) is 2.97. The lowest BCUT2D eigenvalue weighted by molar-refractivity contribution is -0.384. The van der Waals surface area contributed by atoms with Crippen LogP contribution in [-0.2, 0) is 0 Å². The van der Waals surface area contributed by atoms with Crippen molar-refractivity contribution in [1.82, 2.24) is 4.90 Å². The fraction of sp³-hybridized carbons (Fsp3) is 0.355. The van der Waals surface area contributed by atoms with Crippen LogP contribution >= 0.6 is 11.6 Å². The molecule has 2 saturated heterocycles. The van der Waals surface area contributed by atoms with Gasteiger partial charge in [0.15, 0.2) is 0 Å². The van der Waals surface area contributed by atoms with Crippen LogP contribution in [0.5, 0.6) is 0 Å². The predicted octanol–water partition coefficient (Wildman–Crippen LogP) is 6.01. The number of halogens is 1. The number of carbonyl (C=O) groups excluding carboxylic acids is 2. The maximum absolute atomic E-state index is 13.0. The molecule has 0 aromatic heterocycles. The Morgan fingerprint density at radius 1 is 0.902 bits per heavy atom. The van der Waals surface area contributed by atoms with E-state index in [0.717, 1.165) is 42.7 Å². The molecular weight excluding hydrogens is 542 g/mol. The number of rotatable bonds is 6. The first-order chi connectivity index (χ1) is 19.7. The van der Waals surface area contributed by atoms with Crippen molar-refractivity contribution in [1.29, 1.82) is 0 Å². The maximum Gasteiger partial charge on any atom is 0.293 e. The molecule has 2 aliphatic rings. The topological polar surface area (TPSA) is 99.0 Å². The lowest BCUT2D eigenvalue weighted by atomic mass is 9.98. The molecule has 0 radical (unpaired) electrons. The van der Waals surface area contributed by atoms with Gasteiger partial charge in [-0.05, 0) is 67.6 Å². The fourth-order valence-electron chi connectivity index (χ4n) is 5.51. The van der Waals surface area contributed by atoms with E-state index in [-0.39, 0.29) is 17.2 Å². The van der Waals surface area contributed by atoms with Crippen molar-refractivity contribution in [2.75, 3.05) is 54.4 Å². The zero-order valence-corrected chi connectivity index (χ0v) is 24.1. The molecular formula is C31H34ClN5O4. The number of nitrogens with one attached hydrogen (secondary N) is 1. The Kier molecular flexibility index (Phi) is 8.44. The molecule has 3 aromatic carbocycles. The molecule has 9 nitrogen and oxygen atoms in total. The summed E-state index contributed by atoms with van der Waals surface area (Å²) < 4.78 is 0. The summed E-state index contributed by atoms with van der Waals surface area (Å²) in [7, 11) is 0. The molecule has 2 aliphatic heterocycles. The number of nitro benzene ring substituents is 1. The number of piperidine rings is 1. The van der Waals surface area contributed by atoms with E-state index in [2.05, 4.69) is 17.1 Å². The lowest BCUT2D eigenvalue weighted by Crippen LogP contribution is -2.49. The number of carbonyl (C=O) groups is 2. The van der Waals surface area contributed by atoms with Crippen LogP contribution in [0.4, 0.5) is 22.7 Å². The van der Waals surface area contributed by atoms with Gasteiger partial charge in [-0.25, -0.2) is 0 Å². The smallest absolute Gasteiger partial charge is 0.293 e. The van der Waals surface area contributed by atoms with Gasteiger partial charge in [0.05, 0.1) is 15.6 Å². The van der Waals surface area contributed by atoms with Gasteiger partial charge in [0, 0.05) is 62.1 Å². The number of aryl methyl sites for hydroxylation is 1. The minimum atomic E-state index is -0.445. The number of hydrogen-bond acceptors (Lipinski definition) is 6. The highest BCUT2D eigenvalue weighted by molar-refractivity contribution is 6.33. The zero-order valence-electron chi connectivity index (χ0n) is 23.3. The minimum Gasteiger partial charge on any atom is -0.367 e. The largest absolute Gasteiger partial charge is 0.367 e. The SMILES string of the molecule is Cc1ccccc1C(=O)N1CCN(c2ccc(NC(=O)c3ccc(N4CCC(C)CC4)c([N+](=O)[O-])c3)cc2Cl)CC1. The van der Waals surface area contributed by atoms with Gasteiger partial charge in [-0.3, -0.25) is 19.7 Å². The van der Waals surface area contributed by atoms with Crippen LogP contribution in [0.25, 0.3) is 0 Å². The summed E-state index contributed by atoms with van der Waals surface area (Å²) in [5.74, 6) is 0.191. The molecule has 41 heavy (non-hydrogen) atoms. The Morgan fingerprint density at radius 3 is 2.22 bits per heavy atom. The lowest BCUT2D eigenvalue weighted by Gasteiger charge is -2.36. The summed E-state index contributed by atoms with van der Waals surface area (Å²) in [4.78, 5) is 43.4. The molecule has 10 heteroatoms. The summed E-state index contributed by atoms with van der Waals surface area (Å²) in [6.45, 7) is 8.07. The molecule has 2 fully saturated rings. The van der Waals surface area contributed by atoms with Crippen LogP contribution in [-0.4, -0.2) is 60.9 Å². The van der Waals surface area contributed by atoms with Gasteiger partial charge in [-0.1, -0.05) is 36.7 Å². The second kappa shape index (κ2) is 12.2. The van der Waals surface area contributed by atoms with Crippen LogP contribution in [0.15, 0.2) is 60.7 Å². The first kappa shape index (κ1) is 28.4. The summed E-state index contributed by atoms with van der Waals surface area (Å²) in [5, 5.41) is 15.1. The van der Waals surface area contributed by atoms with Crippen LogP contribution in [0.2, 0.25) is 5.02 Å².